The maximum Gasteiger partial charge on any atom is 0.410 e. The molecule has 1 aliphatic heterocycles. The Morgan fingerprint density at radius 1 is 1.48 bits per heavy atom. The Kier molecular flexibility index (Phi) is 5.11. The maximum atomic E-state index is 11.8. The Hall–Kier alpha value is -1.86. The smallest absolute Gasteiger partial charge is 0.410 e. The van der Waals surface area contributed by atoms with E-state index in [0.29, 0.717) is 30.2 Å². The summed E-state index contributed by atoms with van der Waals surface area (Å²) < 4.78 is 5.28. The third kappa shape index (κ3) is 4.80. The molecule has 1 aromatic carbocycles. The van der Waals surface area contributed by atoms with Crippen LogP contribution < -0.4 is 5.32 Å². The average molecular weight is 342 g/mol. The molecule has 23 heavy (non-hydrogen) atoms. The van der Waals surface area contributed by atoms with Gasteiger partial charge in [0.25, 0.3) is 5.69 Å². The standard InChI is InChI=1S/C15H20ClN3O4/c1-15(2,3)23-14(20)18-8-11(9-18)17-7-10-6-12(19(21)22)4-5-13(10)16/h4-6,11,17H,7-9H2,1-3H3. The predicted molar refractivity (Wildman–Crippen MR) is 86.5 cm³/mol. The van der Waals surface area contributed by atoms with Crippen LogP contribution in [0.2, 0.25) is 5.02 Å². The molecule has 1 aliphatic rings. The summed E-state index contributed by atoms with van der Waals surface area (Å²) in [4.78, 5) is 23.8. The maximum absolute atomic E-state index is 11.8. The summed E-state index contributed by atoms with van der Waals surface area (Å²) in [7, 11) is 0. The molecule has 0 saturated carbocycles. The van der Waals surface area contributed by atoms with Crippen LogP contribution in [0.3, 0.4) is 0 Å². The van der Waals surface area contributed by atoms with Gasteiger partial charge in [-0.3, -0.25) is 10.1 Å². The van der Waals surface area contributed by atoms with Gasteiger partial charge in [-0.25, -0.2) is 4.79 Å². The number of nitrogens with zero attached hydrogens (tertiary/aromatic N) is 2. The van der Waals surface area contributed by atoms with E-state index in [1.807, 2.05) is 20.8 Å². The molecule has 126 valence electrons. The van der Waals surface area contributed by atoms with Crippen molar-refractivity contribution in [1.82, 2.24) is 10.2 Å². The van der Waals surface area contributed by atoms with Crippen LogP contribution in [0.4, 0.5) is 10.5 Å². The highest BCUT2D eigenvalue weighted by atomic mass is 35.5. The van der Waals surface area contributed by atoms with Crippen molar-refractivity contribution in [1.29, 1.82) is 0 Å². The zero-order chi connectivity index (χ0) is 17.2. The number of ether oxygens (including phenoxy) is 1. The van der Waals surface area contributed by atoms with E-state index in [4.69, 9.17) is 16.3 Å². The number of hydrogen-bond acceptors (Lipinski definition) is 5. The highest BCUT2D eigenvalue weighted by molar-refractivity contribution is 6.31. The number of hydrogen-bond donors (Lipinski definition) is 1. The summed E-state index contributed by atoms with van der Waals surface area (Å²) in [5, 5.41) is 14.5. The lowest BCUT2D eigenvalue weighted by Crippen LogP contribution is -2.60. The van der Waals surface area contributed by atoms with E-state index < -0.39 is 10.5 Å². The van der Waals surface area contributed by atoms with Gasteiger partial charge in [0.05, 0.1) is 4.92 Å². The first kappa shape index (κ1) is 17.5. The van der Waals surface area contributed by atoms with Crippen molar-refractivity contribution >= 4 is 23.4 Å². The van der Waals surface area contributed by atoms with Gasteiger partial charge >= 0.3 is 6.09 Å². The van der Waals surface area contributed by atoms with Gasteiger partial charge in [-0.1, -0.05) is 11.6 Å². The van der Waals surface area contributed by atoms with Crippen molar-refractivity contribution in [3.8, 4) is 0 Å². The number of carbonyl (C=O) groups is 1. The number of halogens is 1. The molecule has 1 heterocycles. The van der Waals surface area contributed by atoms with Gasteiger partial charge in [-0.2, -0.15) is 0 Å². The van der Waals surface area contributed by atoms with Gasteiger partial charge in [0, 0.05) is 42.8 Å². The molecule has 0 radical (unpaired) electrons. The quantitative estimate of drug-likeness (QED) is 0.672. The Labute approximate surface area is 139 Å². The molecule has 0 aliphatic carbocycles. The number of nitrogens with one attached hydrogen (secondary N) is 1. The number of likely N-dealkylation sites (tertiary alicyclic amines) is 1. The molecule has 0 spiro atoms. The molecule has 8 heteroatoms. The lowest BCUT2D eigenvalue weighted by molar-refractivity contribution is -0.384. The number of benzene rings is 1. The van der Waals surface area contributed by atoms with E-state index in [0.717, 1.165) is 0 Å². The number of amides is 1. The van der Waals surface area contributed by atoms with Crippen LogP contribution in [0, 0.1) is 10.1 Å². The van der Waals surface area contributed by atoms with Crippen LogP contribution in [0.5, 0.6) is 0 Å². The molecule has 1 saturated heterocycles. The van der Waals surface area contributed by atoms with Crippen LogP contribution in [-0.2, 0) is 11.3 Å². The van der Waals surface area contributed by atoms with Crippen LogP contribution in [0.1, 0.15) is 26.3 Å². The minimum Gasteiger partial charge on any atom is -0.444 e. The van der Waals surface area contributed by atoms with Crippen molar-refractivity contribution in [2.75, 3.05) is 13.1 Å². The van der Waals surface area contributed by atoms with Gasteiger partial charge in [0.2, 0.25) is 0 Å². The van der Waals surface area contributed by atoms with E-state index in [1.54, 1.807) is 4.90 Å². The normalized spacial score (nSPS) is 15.2. The largest absolute Gasteiger partial charge is 0.444 e. The average Bonchev–Trinajstić information content (AvgIpc) is 2.36. The summed E-state index contributed by atoms with van der Waals surface area (Å²) in [6.07, 6.45) is -0.330. The van der Waals surface area contributed by atoms with E-state index in [1.165, 1.54) is 18.2 Å². The van der Waals surface area contributed by atoms with E-state index in [-0.39, 0.29) is 17.8 Å². The Morgan fingerprint density at radius 3 is 2.70 bits per heavy atom. The molecule has 1 fully saturated rings. The van der Waals surface area contributed by atoms with Crippen LogP contribution in [-0.4, -0.2) is 40.6 Å². The zero-order valence-corrected chi connectivity index (χ0v) is 14.1. The van der Waals surface area contributed by atoms with Gasteiger partial charge in [0.1, 0.15) is 5.60 Å². The number of nitro benzene ring substituents is 1. The van der Waals surface area contributed by atoms with Crippen LogP contribution >= 0.6 is 11.6 Å². The fraction of sp³-hybridized carbons (Fsp3) is 0.533. The third-order valence-electron chi connectivity index (χ3n) is 3.35. The number of carbonyl (C=O) groups excluding carboxylic acids is 1. The minimum absolute atomic E-state index is 0.00944. The molecule has 7 nitrogen and oxygen atoms in total. The SMILES string of the molecule is CC(C)(C)OC(=O)N1CC(NCc2cc([N+](=O)[O-])ccc2Cl)C1. The predicted octanol–water partition coefficient (Wildman–Crippen LogP) is 2.96. The fourth-order valence-electron chi connectivity index (χ4n) is 2.15. The molecule has 0 aromatic heterocycles. The summed E-state index contributed by atoms with van der Waals surface area (Å²) in [6.45, 7) is 6.97. The topological polar surface area (TPSA) is 84.7 Å². The second-order valence-electron chi connectivity index (χ2n) is 6.50. The Morgan fingerprint density at radius 2 is 2.13 bits per heavy atom. The van der Waals surface area contributed by atoms with Gasteiger partial charge in [-0.15, -0.1) is 0 Å². The monoisotopic (exact) mass is 341 g/mol. The third-order valence-corrected chi connectivity index (χ3v) is 3.72. The van der Waals surface area contributed by atoms with Gasteiger partial charge < -0.3 is 15.0 Å². The van der Waals surface area contributed by atoms with Crippen molar-refractivity contribution in [3.63, 3.8) is 0 Å². The summed E-state index contributed by atoms with van der Waals surface area (Å²) in [5.41, 5.74) is 0.165. The summed E-state index contributed by atoms with van der Waals surface area (Å²) in [6, 6.07) is 4.47. The number of nitro groups is 1. The van der Waals surface area contributed by atoms with Crippen molar-refractivity contribution in [2.24, 2.45) is 0 Å². The highest BCUT2D eigenvalue weighted by Crippen LogP contribution is 2.22. The first-order valence-electron chi connectivity index (χ1n) is 7.30. The molecule has 1 amide bonds. The second-order valence-corrected chi connectivity index (χ2v) is 6.90. The summed E-state index contributed by atoms with van der Waals surface area (Å²) >= 11 is 6.05. The van der Waals surface area contributed by atoms with E-state index in [9.17, 15) is 14.9 Å². The first-order chi connectivity index (χ1) is 10.7. The van der Waals surface area contributed by atoms with Gasteiger partial charge in [0.15, 0.2) is 0 Å². The first-order valence-corrected chi connectivity index (χ1v) is 7.67. The lowest BCUT2D eigenvalue weighted by atomic mass is 10.1. The van der Waals surface area contributed by atoms with Crippen molar-refractivity contribution in [3.05, 3.63) is 38.9 Å². The lowest BCUT2D eigenvalue weighted by Gasteiger charge is -2.40. The van der Waals surface area contributed by atoms with Crippen LogP contribution in [0.15, 0.2) is 18.2 Å². The molecule has 1 N–H and O–H groups in total. The molecular formula is C15H20ClN3O4. The highest BCUT2D eigenvalue weighted by Gasteiger charge is 2.33. The second kappa shape index (κ2) is 6.72. The minimum atomic E-state index is -0.508. The number of rotatable bonds is 4. The Balaban J connectivity index is 1.82. The summed E-state index contributed by atoms with van der Waals surface area (Å²) in [5.74, 6) is 0. The zero-order valence-electron chi connectivity index (χ0n) is 13.3. The molecular weight excluding hydrogens is 322 g/mol. The molecule has 2 rings (SSSR count). The number of non-ortho nitro benzene ring substituents is 1. The van der Waals surface area contributed by atoms with Gasteiger partial charge in [-0.05, 0) is 32.4 Å². The Bertz CT molecular complexity index is 609. The van der Waals surface area contributed by atoms with Crippen molar-refractivity contribution in [2.45, 2.75) is 39.0 Å². The molecule has 0 atom stereocenters. The van der Waals surface area contributed by atoms with E-state index >= 15 is 0 Å². The fourth-order valence-corrected chi connectivity index (χ4v) is 2.33. The molecule has 0 bridgehead atoms. The van der Waals surface area contributed by atoms with E-state index in [2.05, 4.69) is 5.32 Å². The molecule has 0 unspecified atom stereocenters. The van der Waals surface area contributed by atoms with Crippen LogP contribution in [0.25, 0.3) is 0 Å². The molecule has 1 aromatic rings. The van der Waals surface area contributed by atoms with Crippen molar-refractivity contribution < 1.29 is 14.5 Å².